The molecule has 3 rings (SSSR count). The van der Waals surface area contributed by atoms with Crippen molar-refractivity contribution in [1.82, 2.24) is 0 Å². The monoisotopic (exact) mass is 572 g/mol. The van der Waals surface area contributed by atoms with Gasteiger partial charge in [-0.2, -0.15) is 0 Å². The van der Waals surface area contributed by atoms with Crippen molar-refractivity contribution in [3.05, 3.63) is 102 Å². The van der Waals surface area contributed by atoms with Crippen molar-refractivity contribution in [3.63, 3.8) is 0 Å². The zero-order chi connectivity index (χ0) is 25.8. The number of hydrogen-bond donors (Lipinski definition) is 0. The molecular formula is C36H54N2Ni. The number of nitrogens with zero attached hydrogens (tertiary/aromatic N) is 2. The van der Waals surface area contributed by atoms with Gasteiger partial charge in [0.1, 0.15) is 0 Å². The van der Waals surface area contributed by atoms with E-state index < -0.39 is 0 Å². The summed E-state index contributed by atoms with van der Waals surface area (Å²) >= 11 is 0. The predicted molar refractivity (Wildman–Crippen MR) is 169 cm³/mol. The Balaban J connectivity index is 0.00000481. The second-order valence-electron chi connectivity index (χ2n) is 10.5. The first-order valence-electron chi connectivity index (χ1n) is 14.8. The van der Waals surface area contributed by atoms with Gasteiger partial charge in [0.25, 0.3) is 0 Å². The van der Waals surface area contributed by atoms with Gasteiger partial charge in [0.15, 0.2) is 0 Å². The van der Waals surface area contributed by atoms with Gasteiger partial charge in [-0.3, -0.25) is 0 Å². The molecule has 0 aliphatic carbocycles. The molecule has 2 aromatic carbocycles. The molecule has 39 heavy (non-hydrogen) atoms. The van der Waals surface area contributed by atoms with Gasteiger partial charge in [-0.25, -0.2) is 4.70 Å². The Morgan fingerprint density at radius 1 is 0.538 bits per heavy atom. The van der Waals surface area contributed by atoms with E-state index in [1.165, 1.54) is 73.6 Å². The molecule has 0 atom stereocenters. The minimum Gasteiger partial charge on any atom is -0.493 e. The van der Waals surface area contributed by atoms with Crippen LogP contribution in [0.2, 0.25) is 0 Å². The topological polar surface area (TPSA) is 25.3 Å². The summed E-state index contributed by atoms with van der Waals surface area (Å²) in [6, 6.07) is 17.8. The number of rotatable bonds is 16. The van der Waals surface area contributed by atoms with Crippen molar-refractivity contribution in [2.75, 3.05) is 0 Å². The summed E-state index contributed by atoms with van der Waals surface area (Å²) in [6.45, 7) is 9.03. The van der Waals surface area contributed by atoms with E-state index >= 15 is 0 Å². The minimum absolute atomic E-state index is 0. The summed E-state index contributed by atoms with van der Waals surface area (Å²) in [5, 5.41) is 0. The average Bonchev–Trinajstić information content (AvgIpc) is 3.18. The van der Waals surface area contributed by atoms with Crippen LogP contribution in [0.25, 0.3) is 16.9 Å². The molecule has 0 fully saturated rings. The average molecular weight is 574 g/mol. The third-order valence-corrected chi connectivity index (χ3v) is 7.46. The Morgan fingerprint density at radius 3 is 1.38 bits per heavy atom. The zero-order valence-electron chi connectivity index (χ0n) is 25.7. The third kappa shape index (κ3) is 10.2. The quantitative estimate of drug-likeness (QED) is 0.0826. The molecular weight excluding hydrogens is 519 g/mol. The van der Waals surface area contributed by atoms with Gasteiger partial charge in [0.2, 0.25) is 11.4 Å². The van der Waals surface area contributed by atoms with E-state index in [2.05, 4.69) is 76.2 Å². The first-order valence-corrected chi connectivity index (χ1v) is 14.8. The van der Waals surface area contributed by atoms with Crippen LogP contribution in [0.15, 0.2) is 59.7 Å². The van der Waals surface area contributed by atoms with Crippen molar-refractivity contribution in [2.24, 2.45) is 0 Å². The van der Waals surface area contributed by atoms with Crippen molar-refractivity contribution in [3.8, 4) is 0 Å². The number of aryl methyl sites for hydroxylation is 2. The molecule has 1 aliphatic heterocycles. The van der Waals surface area contributed by atoms with Crippen molar-refractivity contribution < 1.29 is 21.2 Å². The second kappa shape index (κ2) is 20.0. The maximum Gasteiger partial charge on any atom is 2.00 e. The zero-order valence-corrected chi connectivity index (χ0v) is 26.7. The van der Waals surface area contributed by atoms with Crippen molar-refractivity contribution in [2.45, 2.75) is 118 Å². The minimum atomic E-state index is 0. The van der Waals surface area contributed by atoms with Gasteiger partial charge < -0.3 is 20.4 Å². The summed E-state index contributed by atoms with van der Waals surface area (Å²) in [5.41, 5.74) is 21.6. The first kappa shape index (κ1) is 37.0. The molecule has 0 aromatic heterocycles. The summed E-state index contributed by atoms with van der Waals surface area (Å²) in [7, 11) is 0. The van der Waals surface area contributed by atoms with Crippen LogP contribution in [-0.2, 0) is 29.3 Å². The molecule has 0 unspecified atom stereocenters. The Hall–Kier alpha value is -1.99. The molecule has 0 amide bonds. The van der Waals surface area contributed by atoms with Crippen molar-refractivity contribution in [1.29, 1.82) is 0 Å². The molecule has 0 saturated heterocycles. The van der Waals surface area contributed by atoms with Crippen LogP contribution in [-0.4, -0.2) is 4.70 Å². The smallest absolute Gasteiger partial charge is 0.493 e. The van der Waals surface area contributed by atoms with E-state index in [1.807, 2.05) is 0 Å². The van der Waals surface area contributed by atoms with Crippen LogP contribution < -0.4 is 0 Å². The molecule has 0 radical (unpaired) electrons. The molecule has 0 saturated carbocycles. The Morgan fingerprint density at radius 2 is 0.949 bits per heavy atom. The molecule has 3 heteroatoms. The second-order valence-corrected chi connectivity index (χ2v) is 10.5. The van der Waals surface area contributed by atoms with Crippen LogP contribution >= 0.6 is 0 Å². The van der Waals surface area contributed by atoms with Crippen LogP contribution in [0.4, 0.5) is 0 Å². The van der Waals surface area contributed by atoms with Gasteiger partial charge in [0, 0.05) is 22.3 Å². The van der Waals surface area contributed by atoms with Crippen LogP contribution in [0, 0.1) is 14.9 Å². The van der Waals surface area contributed by atoms with E-state index in [-0.39, 0.29) is 31.3 Å². The van der Waals surface area contributed by atoms with E-state index in [4.69, 9.17) is 0 Å². The van der Waals surface area contributed by atoms with Crippen LogP contribution in [0.5, 0.6) is 0 Å². The Labute approximate surface area is 251 Å². The molecule has 1 heterocycles. The van der Waals surface area contributed by atoms with Gasteiger partial charge in [0.05, 0.1) is 0 Å². The van der Waals surface area contributed by atoms with E-state index in [1.54, 1.807) is 4.70 Å². The summed E-state index contributed by atoms with van der Waals surface area (Å²) in [4.78, 5) is 0. The number of benzene rings is 2. The molecule has 0 N–H and O–H groups in total. The summed E-state index contributed by atoms with van der Waals surface area (Å²) < 4.78 is 1.55. The Bertz CT molecular complexity index is 1060. The molecule has 0 bridgehead atoms. The SMILES string of the molecule is CCCCCCC1=C(c2cccc(CCCC)c2)[N+](=[N-])C(c2cccc(CCCC)c2)=C1CCCC.[CH3-].[CH3-].[Ni+2]. The van der Waals surface area contributed by atoms with Gasteiger partial charge in [-0.1, -0.05) is 90.5 Å². The Kier molecular flexibility index (Phi) is 19.0. The first-order chi connectivity index (χ1) is 17.6. The fourth-order valence-electron chi connectivity index (χ4n) is 5.38. The molecule has 218 valence electrons. The van der Waals surface area contributed by atoms with Gasteiger partial charge in [-0.15, -0.1) is 0 Å². The normalized spacial score (nSPS) is 12.8. The molecule has 2 nitrogen and oxygen atoms in total. The molecule has 0 spiro atoms. The van der Waals surface area contributed by atoms with Crippen molar-refractivity contribution >= 4 is 11.4 Å². The maximum absolute atomic E-state index is 11.8. The fraction of sp³-hybridized carbons (Fsp3) is 0.500. The molecule has 2 aromatic rings. The van der Waals surface area contributed by atoms with Crippen LogP contribution in [0.1, 0.15) is 127 Å². The number of allylic oxidation sites excluding steroid dienone is 2. The van der Waals surface area contributed by atoms with Gasteiger partial charge >= 0.3 is 16.5 Å². The molecule has 1 aliphatic rings. The predicted octanol–water partition coefficient (Wildman–Crippen LogP) is 11.6. The van der Waals surface area contributed by atoms with E-state index in [9.17, 15) is 5.53 Å². The third-order valence-electron chi connectivity index (χ3n) is 7.46. The number of hydrogen-bond acceptors (Lipinski definition) is 0. The van der Waals surface area contributed by atoms with Gasteiger partial charge in [-0.05, 0) is 86.8 Å². The summed E-state index contributed by atoms with van der Waals surface area (Å²) in [6.07, 6.45) is 16.3. The van der Waals surface area contributed by atoms with Crippen LogP contribution in [0.3, 0.4) is 0 Å². The maximum atomic E-state index is 11.8. The standard InChI is InChI=1S/C34H48N2.2CH3.Ni/c1-5-9-13-14-24-32-31(23-12-8-4)33(29-21-15-19-27(25-29)17-10-6-2)36(35)34(32)30-22-16-20-28(26-30)18-11-7-3;;;/h15-16,19-22,25-26H,5-14,17-18,23-24H2,1-4H3;2*1H3;/q;2*-1;+2. The summed E-state index contributed by atoms with van der Waals surface area (Å²) in [5.74, 6) is 0. The van der Waals surface area contributed by atoms with E-state index in [0.717, 1.165) is 61.0 Å². The largest absolute Gasteiger partial charge is 2.00 e. The van der Waals surface area contributed by atoms with E-state index in [0.29, 0.717) is 0 Å². The number of unbranched alkanes of at least 4 members (excludes halogenated alkanes) is 6. The fourth-order valence-corrected chi connectivity index (χ4v) is 5.38.